The van der Waals surface area contributed by atoms with E-state index in [0.29, 0.717) is 12.4 Å². The van der Waals surface area contributed by atoms with Crippen molar-refractivity contribution in [2.24, 2.45) is 10.1 Å². The summed E-state index contributed by atoms with van der Waals surface area (Å²) in [6.45, 7) is 2.60. The Bertz CT molecular complexity index is 727. The molecule has 0 saturated carbocycles. The molecule has 0 bridgehead atoms. The van der Waals surface area contributed by atoms with E-state index in [2.05, 4.69) is 15.5 Å². The van der Waals surface area contributed by atoms with Gasteiger partial charge in [-0.05, 0) is 48.9 Å². The minimum absolute atomic E-state index is 0.247. The molecular formula is C17H16FN3OS. The number of nitrogens with one attached hydrogen (secondary N) is 1. The van der Waals surface area contributed by atoms with Crippen LogP contribution in [0.4, 0.5) is 10.1 Å². The predicted octanol–water partition coefficient (Wildman–Crippen LogP) is 3.95. The molecule has 0 radical (unpaired) electrons. The van der Waals surface area contributed by atoms with Gasteiger partial charge in [0.25, 0.3) is 0 Å². The number of hydrogen-bond acceptors (Lipinski definition) is 4. The molecule has 0 unspecified atom stereocenters. The third-order valence-corrected chi connectivity index (χ3v) is 4.06. The highest BCUT2D eigenvalue weighted by atomic mass is 32.2. The molecule has 0 aromatic heterocycles. The van der Waals surface area contributed by atoms with E-state index in [1.165, 1.54) is 12.1 Å². The Morgan fingerprint density at radius 1 is 1.17 bits per heavy atom. The van der Waals surface area contributed by atoms with Crippen molar-refractivity contribution >= 4 is 28.3 Å². The fraction of sp³-hybridized carbons (Fsp3) is 0.176. The number of thioether (sulfide) groups is 1. The van der Waals surface area contributed by atoms with Crippen molar-refractivity contribution < 1.29 is 9.13 Å². The molecule has 0 amide bonds. The van der Waals surface area contributed by atoms with Crippen molar-refractivity contribution in [1.82, 2.24) is 5.43 Å². The number of rotatable bonds is 4. The third-order valence-electron chi connectivity index (χ3n) is 3.19. The zero-order chi connectivity index (χ0) is 16.1. The summed E-state index contributed by atoms with van der Waals surface area (Å²) >= 11 is 1.56. The summed E-state index contributed by atoms with van der Waals surface area (Å²) in [6, 6.07) is 13.9. The summed E-state index contributed by atoms with van der Waals surface area (Å²) in [5, 5.41) is 5.06. The Hall–Kier alpha value is -2.34. The van der Waals surface area contributed by atoms with Crippen molar-refractivity contribution in [2.75, 3.05) is 12.4 Å². The van der Waals surface area contributed by atoms with Gasteiger partial charge in [0.05, 0.1) is 18.0 Å². The Kier molecular flexibility index (Phi) is 4.92. The fourth-order valence-electron chi connectivity index (χ4n) is 2.06. The van der Waals surface area contributed by atoms with E-state index in [0.717, 1.165) is 27.9 Å². The topological polar surface area (TPSA) is 46.0 Å². The van der Waals surface area contributed by atoms with Gasteiger partial charge in [-0.3, -0.25) is 5.43 Å². The minimum atomic E-state index is -0.247. The summed E-state index contributed by atoms with van der Waals surface area (Å²) in [7, 11) is 0. The molecule has 0 fully saturated rings. The van der Waals surface area contributed by atoms with Crippen LogP contribution in [-0.4, -0.2) is 23.2 Å². The van der Waals surface area contributed by atoms with Crippen molar-refractivity contribution in [3.05, 3.63) is 59.9 Å². The molecule has 0 aliphatic carbocycles. The van der Waals surface area contributed by atoms with Crippen molar-refractivity contribution in [1.29, 1.82) is 0 Å². The normalized spacial score (nSPS) is 15.9. The first-order valence-electron chi connectivity index (χ1n) is 7.27. The van der Waals surface area contributed by atoms with Crippen LogP contribution in [0.25, 0.3) is 0 Å². The number of aliphatic imine (C=N–C) groups is 1. The van der Waals surface area contributed by atoms with Gasteiger partial charge < -0.3 is 4.74 Å². The lowest BCUT2D eigenvalue weighted by atomic mass is 10.1. The van der Waals surface area contributed by atoms with Gasteiger partial charge in [0.2, 0.25) is 0 Å². The van der Waals surface area contributed by atoms with Gasteiger partial charge in [-0.25, -0.2) is 9.38 Å². The van der Waals surface area contributed by atoms with Gasteiger partial charge in [0.1, 0.15) is 11.6 Å². The maximum Gasteiger partial charge on any atom is 0.182 e. The molecule has 3 rings (SSSR count). The molecule has 118 valence electrons. The van der Waals surface area contributed by atoms with Crippen molar-refractivity contribution in [3.63, 3.8) is 0 Å². The van der Waals surface area contributed by atoms with E-state index >= 15 is 0 Å². The SMILES string of the molecule is CCOc1ccc(N=C2NN=C(c3ccc(F)cc3)CS2)cc1. The van der Waals surface area contributed by atoms with E-state index < -0.39 is 0 Å². The number of hydrogen-bond donors (Lipinski definition) is 1. The summed E-state index contributed by atoms with van der Waals surface area (Å²) in [4.78, 5) is 4.51. The predicted molar refractivity (Wildman–Crippen MR) is 93.2 cm³/mol. The van der Waals surface area contributed by atoms with Crippen LogP contribution in [0, 0.1) is 5.82 Å². The van der Waals surface area contributed by atoms with Crippen LogP contribution in [0.1, 0.15) is 12.5 Å². The molecule has 0 atom stereocenters. The van der Waals surface area contributed by atoms with Gasteiger partial charge in [-0.2, -0.15) is 5.10 Å². The Balaban J connectivity index is 1.68. The van der Waals surface area contributed by atoms with Crippen LogP contribution in [0.15, 0.2) is 58.6 Å². The lowest BCUT2D eigenvalue weighted by molar-refractivity contribution is 0.340. The van der Waals surface area contributed by atoms with Gasteiger partial charge in [0.15, 0.2) is 5.17 Å². The number of benzene rings is 2. The molecule has 0 spiro atoms. The highest BCUT2D eigenvalue weighted by Gasteiger charge is 2.13. The standard InChI is InChI=1S/C17H16FN3OS/c1-2-22-15-9-7-14(8-10-15)19-17-21-20-16(11-23-17)12-3-5-13(18)6-4-12/h3-10H,2,11H2,1H3,(H,19,21). The average molecular weight is 329 g/mol. The number of ether oxygens (including phenoxy) is 1. The largest absolute Gasteiger partial charge is 0.494 e. The average Bonchev–Trinajstić information content (AvgIpc) is 2.58. The highest BCUT2D eigenvalue weighted by molar-refractivity contribution is 8.14. The highest BCUT2D eigenvalue weighted by Crippen LogP contribution is 2.21. The molecule has 1 heterocycles. The van der Waals surface area contributed by atoms with Crippen LogP contribution in [-0.2, 0) is 0 Å². The first-order valence-corrected chi connectivity index (χ1v) is 8.26. The fourth-order valence-corrected chi connectivity index (χ4v) is 2.85. The van der Waals surface area contributed by atoms with Crippen molar-refractivity contribution in [3.8, 4) is 5.75 Å². The number of nitrogens with zero attached hydrogens (tertiary/aromatic N) is 2. The molecule has 23 heavy (non-hydrogen) atoms. The quantitative estimate of drug-likeness (QED) is 0.924. The third kappa shape index (κ3) is 4.10. The molecule has 1 aliphatic rings. The monoisotopic (exact) mass is 329 g/mol. The summed E-state index contributed by atoms with van der Waals surface area (Å²) in [6.07, 6.45) is 0. The number of amidine groups is 1. The summed E-state index contributed by atoms with van der Waals surface area (Å²) < 4.78 is 18.4. The van der Waals surface area contributed by atoms with Crippen LogP contribution >= 0.6 is 11.8 Å². The zero-order valence-corrected chi connectivity index (χ0v) is 13.4. The van der Waals surface area contributed by atoms with E-state index in [4.69, 9.17) is 4.74 Å². The Morgan fingerprint density at radius 3 is 2.52 bits per heavy atom. The molecule has 6 heteroatoms. The second kappa shape index (κ2) is 7.28. The maximum absolute atomic E-state index is 12.9. The molecule has 1 aliphatic heterocycles. The second-order valence-electron chi connectivity index (χ2n) is 4.81. The van der Waals surface area contributed by atoms with E-state index in [1.807, 2.05) is 31.2 Å². The maximum atomic E-state index is 12.9. The lowest BCUT2D eigenvalue weighted by Crippen LogP contribution is -2.25. The second-order valence-corrected chi connectivity index (χ2v) is 5.77. The zero-order valence-electron chi connectivity index (χ0n) is 12.6. The number of hydrazone groups is 1. The first kappa shape index (κ1) is 15.6. The minimum Gasteiger partial charge on any atom is -0.494 e. The van der Waals surface area contributed by atoms with E-state index in [-0.39, 0.29) is 5.82 Å². The summed E-state index contributed by atoms with van der Waals surface area (Å²) in [5.74, 6) is 1.27. The van der Waals surface area contributed by atoms with E-state index in [1.54, 1.807) is 23.9 Å². The summed E-state index contributed by atoms with van der Waals surface area (Å²) in [5.41, 5.74) is 5.57. The van der Waals surface area contributed by atoms with E-state index in [9.17, 15) is 4.39 Å². The van der Waals surface area contributed by atoms with Gasteiger partial charge >= 0.3 is 0 Å². The Labute approximate surface area is 138 Å². The molecule has 4 nitrogen and oxygen atoms in total. The van der Waals surface area contributed by atoms with Crippen LogP contribution in [0.3, 0.4) is 0 Å². The van der Waals surface area contributed by atoms with Crippen LogP contribution < -0.4 is 10.2 Å². The molecule has 2 aromatic carbocycles. The molecular weight excluding hydrogens is 313 g/mol. The molecule has 0 saturated heterocycles. The smallest absolute Gasteiger partial charge is 0.182 e. The van der Waals surface area contributed by atoms with Gasteiger partial charge in [-0.1, -0.05) is 23.9 Å². The Morgan fingerprint density at radius 2 is 1.91 bits per heavy atom. The molecule has 1 N–H and O–H groups in total. The van der Waals surface area contributed by atoms with Crippen LogP contribution in [0.5, 0.6) is 5.75 Å². The van der Waals surface area contributed by atoms with Crippen molar-refractivity contribution in [2.45, 2.75) is 6.92 Å². The van der Waals surface area contributed by atoms with Gasteiger partial charge in [-0.15, -0.1) is 0 Å². The van der Waals surface area contributed by atoms with Gasteiger partial charge in [0, 0.05) is 5.75 Å². The molecule has 2 aromatic rings. The number of halogens is 1. The van der Waals surface area contributed by atoms with Crippen LogP contribution in [0.2, 0.25) is 0 Å². The first-order chi connectivity index (χ1) is 11.2. The lowest BCUT2D eigenvalue weighted by Gasteiger charge is -2.14.